The van der Waals surface area contributed by atoms with Crippen molar-refractivity contribution in [3.05, 3.63) is 64.2 Å². The molecule has 9 heteroatoms. The van der Waals surface area contributed by atoms with Crippen molar-refractivity contribution in [1.82, 2.24) is 14.7 Å². The lowest BCUT2D eigenvalue weighted by Crippen LogP contribution is -2.61. The minimum Gasteiger partial charge on any atom is -0.379 e. The Morgan fingerprint density at radius 3 is 2.39 bits per heavy atom. The highest BCUT2D eigenvalue weighted by molar-refractivity contribution is 6.34. The van der Waals surface area contributed by atoms with E-state index in [9.17, 15) is 14.7 Å². The first-order chi connectivity index (χ1) is 17.1. The van der Waals surface area contributed by atoms with Crippen LogP contribution in [0.25, 0.3) is 0 Å². The zero-order valence-corrected chi connectivity index (χ0v) is 22.0. The summed E-state index contributed by atoms with van der Waals surface area (Å²) >= 11 is 6.41. The summed E-state index contributed by atoms with van der Waals surface area (Å²) < 4.78 is 0. The summed E-state index contributed by atoms with van der Waals surface area (Å²) in [5.41, 5.74) is 7.24. The summed E-state index contributed by atoms with van der Waals surface area (Å²) in [6.07, 6.45) is 1.76. The molecule has 2 saturated heterocycles. The molecule has 2 aromatic rings. The number of hydrogen-bond donors (Lipinski definition) is 3. The van der Waals surface area contributed by atoms with E-state index in [1.54, 1.807) is 50.2 Å². The molecule has 2 aliphatic rings. The van der Waals surface area contributed by atoms with Crippen LogP contribution in [-0.4, -0.2) is 84.0 Å². The van der Waals surface area contributed by atoms with Crippen molar-refractivity contribution >= 4 is 29.1 Å². The van der Waals surface area contributed by atoms with Gasteiger partial charge in [0.15, 0.2) is 5.60 Å². The summed E-state index contributed by atoms with van der Waals surface area (Å²) in [7, 11) is 3.39. The number of hydrogen-bond acceptors (Lipinski definition) is 6. The number of nitrogens with zero attached hydrogens (tertiary/aromatic N) is 3. The van der Waals surface area contributed by atoms with Gasteiger partial charge in [-0.25, -0.2) is 0 Å². The zero-order valence-electron chi connectivity index (χ0n) is 21.2. The number of carbonyl (C=O) groups excluding carboxylic acids is 2. The van der Waals surface area contributed by atoms with E-state index < -0.39 is 5.60 Å². The van der Waals surface area contributed by atoms with Crippen LogP contribution < -0.4 is 11.1 Å². The Morgan fingerprint density at radius 2 is 1.81 bits per heavy atom. The van der Waals surface area contributed by atoms with Crippen molar-refractivity contribution in [2.24, 2.45) is 5.73 Å². The largest absolute Gasteiger partial charge is 0.379 e. The Hall–Kier alpha value is -2.65. The molecule has 0 unspecified atom stereocenters. The maximum Gasteiger partial charge on any atom is 0.258 e. The van der Waals surface area contributed by atoms with Crippen LogP contribution in [0.3, 0.4) is 0 Å². The molecule has 0 spiro atoms. The molecule has 0 bridgehead atoms. The number of aliphatic hydroxyl groups is 1. The van der Waals surface area contributed by atoms with Crippen molar-refractivity contribution in [2.45, 2.75) is 44.0 Å². The third kappa shape index (κ3) is 5.37. The standard InChI is InChI=1S/C27H36ClN5O3/c1-27(36,19-7-5-4-6-8-19)26(35)32-11-9-21(10-12-32)33-16-20(17-33)30-24-14-23(28)22(13-18(24)15-29)25(34)31(2)3/h4-8,13-14,20-21,30,36H,9-12,15-17,29H2,1-3H3/t27-/m0/s1. The fraction of sp³-hybridized carbons (Fsp3) is 0.481. The highest BCUT2D eigenvalue weighted by atomic mass is 35.5. The first kappa shape index (κ1) is 26.4. The Balaban J connectivity index is 1.30. The number of benzene rings is 2. The number of nitrogens with two attached hydrogens (primary N) is 1. The van der Waals surface area contributed by atoms with Crippen LogP contribution in [0.4, 0.5) is 5.69 Å². The van der Waals surface area contributed by atoms with Gasteiger partial charge in [-0.3, -0.25) is 14.5 Å². The maximum atomic E-state index is 13.0. The summed E-state index contributed by atoms with van der Waals surface area (Å²) in [5.74, 6) is -0.385. The number of likely N-dealkylation sites (tertiary alicyclic amines) is 2. The van der Waals surface area contributed by atoms with E-state index in [1.165, 1.54) is 4.90 Å². The van der Waals surface area contributed by atoms with Gasteiger partial charge in [0.05, 0.1) is 16.6 Å². The van der Waals surface area contributed by atoms with Crippen LogP contribution in [0.1, 0.15) is 41.3 Å². The molecule has 2 aromatic carbocycles. The van der Waals surface area contributed by atoms with Crippen LogP contribution in [0.15, 0.2) is 42.5 Å². The first-order valence-electron chi connectivity index (χ1n) is 12.4. The van der Waals surface area contributed by atoms with Gasteiger partial charge in [-0.1, -0.05) is 41.9 Å². The van der Waals surface area contributed by atoms with Gasteiger partial charge in [0.1, 0.15) is 0 Å². The van der Waals surface area contributed by atoms with E-state index in [1.807, 2.05) is 18.2 Å². The molecule has 8 nitrogen and oxygen atoms in total. The summed E-state index contributed by atoms with van der Waals surface area (Å²) in [5, 5.41) is 14.9. The van der Waals surface area contributed by atoms with Gasteiger partial charge in [0.25, 0.3) is 11.8 Å². The van der Waals surface area contributed by atoms with Crippen LogP contribution in [0.2, 0.25) is 5.02 Å². The Labute approximate surface area is 218 Å². The fourth-order valence-corrected chi connectivity index (χ4v) is 5.32. The third-order valence-electron chi connectivity index (χ3n) is 7.34. The average molecular weight is 514 g/mol. The van der Waals surface area contributed by atoms with Crippen LogP contribution >= 0.6 is 11.6 Å². The molecule has 2 amide bonds. The van der Waals surface area contributed by atoms with E-state index >= 15 is 0 Å². The molecule has 194 valence electrons. The monoisotopic (exact) mass is 513 g/mol. The zero-order chi connectivity index (χ0) is 26.0. The van der Waals surface area contributed by atoms with Gasteiger partial charge in [-0.15, -0.1) is 0 Å². The highest BCUT2D eigenvalue weighted by Gasteiger charge is 2.40. The van der Waals surface area contributed by atoms with Gasteiger partial charge in [-0.2, -0.15) is 0 Å². The highest BCUT2D eigenvalue weighted by Crippen LogP contribution is 2.31. The van der Waals surface area contributed by atoms with E-state index in [-0.39, 0.29) is 17.9 Å². The van der Waals surface area contributed by atoms with Gasteiger partial charge < -0.3 is 26.0 Å². The molecule has 0 aliphatic carbocycles. The second-order valence-corrected chi connectivity index (χ2v) is 10.6. The molecule has 2 fully saturated rings. The Morgan fingerprint density at radius 1 is 1.17 bits per heavy atom. The van der Waals surface area contributed by atoms with E-state index in [2.05, 4.69) is 10.2 Å². The quantitative estimate of drug-likeness (QED) is 0.526. The lowest BCUT2D eigenvalue weighted by molar-refractivity contribution is -0.152. The Kier molecular flexibility index (Phi) is 7.90. The molecule has 1 atom stereocenters. The molecule has 2 aliphatic heterocycles. The topological polar surface area (TPSA) is 102 Å². The summed E-state index contributed by atoms with van der Waals surface area (Å²) in [6, 6.07) is 13.4. The molecule has 2 heterocycles. The molecular formula is C27H36ClN5O3. The van der Waals surface area contributed by atoms with Crippen LogP contribution in [0.5, 0.6) is 0 Å². The SMILES string of the molecule is CN(C)C(=O)c1cc(CN)c(NC2CN(C3CCN(C(=O)[C@@](C)(O)c4ccccc4)CC3)C2)cc1Cl. The number of amides is 2. The van der Waals surface area contributed by atoms with Crippen molar-refractivity contribution in [3.63, 3.8) is 0 Å². The molecule has 0 aromatic heterocycles. The molecule has 36 heavy (non-hydrogen) atoms. The second-order valence-electron chi connectivity index (χ2n) is 10.1. The average Bonchev–Trinajstić information content (AvgIpc) is 2.85. The maximum absolute atomic E-state index is 13.0. The third-order valence-corrected chi connectivity index (χ3v) is 7.65. The number of nitrogens with one attached hydrogen (secondary N) is 1. The van der Waals surface area contributed by atoms with Crippen LogP contribution in [-0.2, 0) is 16.9 Å². The number of halogens is 1. The fourth-order valence-electron chi connectivity index (χ4n) is 5.08. The van der Waals surface area contributed by atoms with Crippen molar-refractivity contribution in [2.75, 3.05) is 45.6 Å². The first-order valence-corrected chi connectivity index (χ1v) is 12.8. The number of anilines is 1. The number of rotatable bonds is 7. The predicted octanol–water partition coefficient (Wildman–Crippen LogP) is 2.50. The van der Waals surface area contributed by atoms with Crippen LogP contribution in [0, 0.1) is 0 Å². The molecule has 4 rings (SSSR count). The van der Waals surface area contributed by atoms with E-state index in [0.29, 0.717) is 41.8 Å². The predicted molar refractivity (Wildman–Crippen MR) is 142 cm³/mol. The van der Waals surface area contributed by atoms with Gasteiger partial charge in [0.2, 0.25) is 0 Å². The summed E-state index contributed by atoms with van der Waals surface area (Å²) in [4.78, 5) is 31.1. The lowest BCUT2D eigenvalue weighted by Gasteiger charge is -2.48. The van der Waals surface area contributed by atoms with Gasteiger partial charge >= 0.3 is 0 Å². The molecule has 0 radical (unpaired) electrons. The van der Waals surface area contributed by atoms with Crippen molar-refractivity contribution in [3.8, 4) is 0 Å². The number of carbonyl (C=O) groups is 2. The molecule has 4 N–H and O–H groups in total. The molecular weight excluding hydrogens is 478 g/mol. The minimum atomic E-state index is -1.52. The van der Waals surface area contributed by atoms with Crippen molar-refractivity contribution in [1.29, 1.82) is 0 Å². The second kappa shape index (κ2) is 10.8. The number of piperidine rings is 1. The van der Waals surface area contributed by atoms with Gasteiger partial charge in [0, 0.05) is 58.5 Å². The van der Waals surface area contributed by atoms with E-state index in [4.69, 9.17) is 17.3 Å². The van der Waals surface area contributed by atoms with Crippen molar-refractivity contribution < 1.29 is 14.7 Å². The Bertz CT molecular complexity index is 1090. The normalized spacial score (nSPS) is 18.9. The lowest BCUT2D eigenvalue weighted by atomic mass is 9.92. The van der Waals surface area contributed by atoms with Gasteiger partial charge in [-0.05, 0) is 43.0 Å². The summed E-state index contributed by atoms with van der Waals surface area (Å²) in [6.45, 7) is 4.93. The smallest absolute Gasteiger partial charge is 0.258 e. The molecule has 0 saturated carbocycles. The minimum absolute atomic E-state index is 0.147. The van der Waals surface area contributed by atoms with E-state index in [0.717, 1.165) is 37.2 Å².